The Balaban J connectivity index is 2.21. The largest absolute Gasteiger partial charge is 0.388 e. The third kappa shape index (κ3) is 3.37. The van der Waals surface area contributed by atoms with Gasteiger partial charge in [0.25, 0.3) is 0 Å². The summed E-state index contributed by atoms with van der Waals surface area (Å²) in [4.78, 5) is 21.8. The van der Waals surface area contributed by atoms with Gasteiger partial charge in [0, 0.05) is 6.04 Å². The van der Waals surface area contributed by atoms with Crippen LogP contribution in [0.25, 0.3) is 0 Å². The van der Waals surface area contributed by atoms with Crippen LogP contribution in [-0.2, 0) is 4.79 Å². The molecule has 4 N–H and O–H groups in total. The van der Waals surface area contributed by atoms with Gasteiger partial charge in [-0.15, -0.1) is 0 Å². The van der Waals surface area contributed by atoms with Crippen molar-refractivity contribution < 1.29 is 4.79 Å². The minimum absolute atomic E-state index is 0.158. The molecule has 6 nitrogen and oxygen atoms in total. The van der Waals surface area contributed by atoms with Crippen LogP contribution in [0.3, 0.4) is 0 Å². The third-order valence-electron chi connectivity index (χ3n) is 3.28. The van der Waals surface area contributed by atoms with E-state index < -0.39 is 0 Å². The molecule has 0 unspecified atom stereocenters. The Bertz CT molecular complexity index is 470. The molecule has 1 fully saturated rings. The zero-order valence-electron chi connectivity index (χ0n) is 10.6. The second-order valence-electron chi connectivity index (χ2n) is 4.66. The fourth-order valence-corrected chi connectivity index (χ4v) is 2.48. The number of rotatable bonds is 5. The van der Waals surface area contributed by atoms with E-state index in [0.717, 1.165) is 12.8 Å². The van der Waals surface area contributed by atoms with Crippen LogP contribution in [0.1, 0.15) is 31.4 Å². The summed E-state index contributed by atoms with van der Waals surface area (Å²) < 4.78 is 0. The number of carbonyl (C=O) groups excluding carboxylic acids is 1. The lowest BCUT2D eigenvalue weighted by Gasteiger charge is -2.28. The highest BCUT2D eigenvalue weighted by Gasteiger charge is 2.25. The summed E-state index contributed by atoms with van der Waals surface area (Å²) in [5.41, 5.74) is 11.3. The molecule has 0 radical (unpaired) electrons. The Kier molecular flexibility index (Phi) is 4.26. The van der Waals surface area contributed by atoms with Crippen LogP contribution in [-0.4, -0.2) is 33.5 Å². The Morgan fingerprint density at radius 1 is 1.32 bits per heavy atom. The number of anilines is 1. The second kappa shape index (κ2) is 5.92. The first-order valence-corrected chi connectivity index (χ1v) is 6.65. The molecule has 1 heterocycles. The van der Waals surface area contributed by atoms with Crippen molar-refractivity contribution in [1.29, 1.82) is 0 Å². The van der Waals surface area contributed by atoms with Crippen molar-refractivity contribution in [2.24, 2.45) is 11.5 Å². The van der Waals surface area contributed by atoms with Crippen LogP contribution < -0.4 is 16.4 Å². The standard InChI is InChI=1S/C12H17N5OS/c13-10(18)7-17(8-3-1-2-4-8)11-6-15-9(5-16-11)12(14)19/h5-6,8H,1-4,7H2,(H2,13,18)(H2,14,19). The van der Waals surface area contributed by atoms with Gasteiger partial charge in [0.2, 0.25) is 5.91 Å². The Morgan fingerprint density at radius 3 is 2.47 bits per heavy atom. The molecule has 1 aliphatic carbocycles. The van der Waals surface area contributed by atoms with Crippen LogP contribution in [0.4, 0.5) is 5.82 Å². The zero-order valence-corrected chi connectivity index (χ0v) is 11.4. The molecule has 0 aliphatic heterocycles. The topological polar surface area (TPSA) is 98.1 Å². The Hall–Kier alpha value is -1.76. The minimum atomic E-state index is -0.368. The van der Waals surface area contributed by atoms with Gasteiger partial charge in [-0.3, -0.25) is 4.79 Å². The van der Waals surface area contributed by atoms with E-state index in [2.05, 4.69) is 9.97 Å². The van der Waals surface area contributed by atoms with E-state index in [1.54, 1.807) is 6.20 Å². The predicted molar refractivity (Wildman–Crippen MR) is 76.7 cm³/mol. The molecule has 1 aromatic rings. The quantitative estimate of drug-likeness (QED) is 0.754. The van der Waals surface area contributed by atoms with Crippen LogP contribution in [0, 0.1) is 0 Å². The van der Waals surface area contributed by atoms with Gasteiger partial charge in [-0.1, -0.05) is 25.1 Å². The summed E-state index contributed by atoms with van der Waals surface area (Å²) in [7, 11) is 0. The van der Waals surface area contributed by atoms with Crippen LogP contribution >= 0.6 is 12.2 Å². The summed E-state index contributed by atoms with van der Waals surface area (Å²) in [6.45, 7) is 0.158. The number of nitrogens with zero attached hydrogens (tertiary/aromatic N) is 3. The number of carbonyl (C=O) groups is 1. The van der Waals surface area contributed by atoms with Crippen molar-refractivity contribution in [1.82, 2.24) is 9.97 Å². The van der Waals surface area contributed by atoms with Crippen LogP contribution in [0.15, 0.2) is 12.4 Å². The molecule has 0 aromatic carbocycles. The first-order valence-electron chi connectivity index (χ1n) is 6.24. The summed E-state index contributed by atoms with van der Waals surface area (Å²) in [6, 6.07) is 0.303. The summed E-state index contributed by atoms with van der Waals surface area (Å²) >= 11 is 4.84. The molecule has 0 atom stereocenters. The van der Waals surface area contributed by atoms with Crippen molar-refractivity contribution in [2.45, 2.75) is 31.7 Å². The number of hydrogen-bond acceptors (Lipinski definition) is 5. The lowest BCUT2D eigenvalue weighted by atomic mass is 10.2. The number of thiocarbonyl (C=S) groups is 1. The average Bonchev–Trinajstić information content (AvgIpc) is 2.89. The first kappa shape index (κ1) is 13.7. The average molecular weight is 279 g/mol. The Labute approximate surface area is 117 Å². The van der Waals surface area contributed by atoms with Crippen molar-refractivity contribution in [2.75, 3.05) is 11.4 Å². The van der Waals surface area contributed by atoms with Gasteiger partial charge in [0.05, 0.1) is 18.9 Å². The molecular weight excluding hydrogens is 262 g/mol. The molecule has 1 saturated carbocycles. The predicted octanol–water partition coefficient (Wildman–Crippen LogP) is 0.345. The minimum Gasteiger partial charge on any atom is -0.388 e. The number of nitrogens with two attached hydrogens (primary N) is 2. The third-order valence-corrected chi connectivity index (χ3v) is 3.49. The highest BCUT2D eigenvalue weighted by atomic mass is 32.1. The molecule has 102 valence electrons. The molecule has 19 heavy (non-hydrogen) atoms. The smallest absolute Gasteiger partial charge is 0.237 e. The molecule has 0 bridgehead atoms. The van der Waals surface area contributed by atoms with Gasteiger partial charge in [0.1, 0.15) is 16.5 Å². The van der Waals surface area contributed by atoms with Gasteiger partial charge in [-0.25, -0.2) is 9.97 Å². The van der Waals surface area contributed by atoms with E-state index >= 15 is 0 Å². The SMILES string of the molecule is NC(=O)CN(c1cnc(C(N)=S)cn1)C1CCCC1. The van der Waals surface area contributed by atoms with Crippen molar-refractivity contribution in [3.8, 4) is 0 Å². The molecule has 0 saturated heterocycles. The maximum atomic E-state index is 11.2. The lowest BCUT2D eigenvalue weighted by Crippen LogP contribution is -2.40. The molecule has 7 heteroatoms. The molecule has 2 rings (SSSR count). The molecule has 1 aliphatic rings. The number of hydrogen-bond donors (Lipinski definition) is 2. The van der Waals surface area contributed by atoms with Gasteiger partial charge in [-0.05, 0) is 12.8 Å². The van der Waals surface area contributed by atoms with E-state index in [0.29, 0.717) is 17.6 Å². The molecular formula is C12H17N5OS. The maximum Gasteiger partial charge on any atom is 0.237 e. The highest BCUT2D eigenvalue weighted by Crippen LogP contribution is 2.26. The van der Waals surface area contributed by atoms with E-state index in [4.69, 9.17) is 23.7 Å². The first-order chi connectivity index (χ1) is 9.08. The number of aromatic nitrogens is 2. The Morgan fingerprint density at radius 2 is 2.00 bits per heavy atom. The van der Waals surface area contributed by atoms with E-state index in [1.165, 1.54) is 19.0 Å². The summed E-state index contributed by atoms with van der Waals surface area (Å²) in [5.74, 6) is 0.276. The van der Waals surface area contributed by atoms with Crippen molar-refractivity contribution in [3.05, 3.63) is 18.1 Å². The van der Waals surface area contributed by atoms with Crippen molar-refractivity contribution in [3.63, 3.8) is 0 Å². The number of primary amides is 1. The van der Waals surface area contributed by atoms with Gasteiger partial charge in [-0.2, -0.15) is 0 Å². The van der Waals surface area contributed by atoms with E-state index in [1.807, 2.05) is 4.90 Å². The normalized spacial score (nSPS) is 15.4. The van der Waals surface area contributed by atoms with E-state index in [-0.39, 0.29) is 17.4 Å². The zero-order chi connectivity index (χ0) is 13.8. The number of amides is 1. The highest BCUT2D eigenvalue weighted by molar-refractivity contribution is 7.80. The maximum absolute atomic E-state index is 11.2. The van der Waals surface area contributed by atoms with Gasteiger partial charge >= 0.3 is 0 Å². The molecule has 1 amide bonds. The van der Waals surface area contributed by atoms with Gasteiger partial charge in [0.15, 0.2) is 0 Å². The monoisotopic (exact) mass is 279 g/mol. The van der Waals surface area contributed by atoms with Crippen LogP contribution in [0.5, 0.6) is 0 Å². The summed E-state index contributed by atoms with van der Waals surface area (Å²) in [6.07, 6.45) is 7.55. The van der Waals surface area contributed by atoms with Gasteiger partial charge < -0.3 is 16.4 Å². The fourth-order valence-electron chi connectivity index (χ4n) is 2.38. The van der Waals surface area contributed by atoms with Crippen molar-refractivity contribution >= 4 is 28.9 Å². The summed E-state index contributed by atoms with van der Waals surface area (Å²) in [5, 5.41) is 0. The molecule has 1 aromatic heterocycles. The van der Waals surface area contributed by atoms with Crippen LogP contribution in [0.2, 0.25) is 0 Å². The lowest BCUT2D eigenvalue weighted by molar-refractivity contribution is -0.116. The fraction of sp³-hybridized carbons (Fsp3) is 0.500. The second-order valence-corrected chi connectivity index (χ2v) is 5.10. The van der Waals surface area contributed by atoms with E-state index in [9.17, 15) is 4.79 Å². The molecule has 0 spiro atoms.